The Bertz CT molecular complexity index is 1160. The van der Waals surface area contributed by atoms with Crippen molar-refractivity contribution in [3.8, 4) is 0 Å². The van der Waals surface area contributed by atoms with E-state index in [-0.39, 0.29) is 154 Å². The quantitative estimate of drug-likeness (QED) is 0.0506. The van der Waals surface area contributed by atoms with E-state index in [2.05, 4.69) is 4.89 Å². The van der Waals surface area contributed by atoms with Gasteiger partial charge in [-0.2, -0.15) is 0 Å². The molecule has 0 spiro atoms. The standard InChI is InChI=1S/C18H26O6.C8H4Cl2O2.C5H12O2.CH2O3.2K/c1-17(2,9-19)11-23-15(21)13-5-7-14(8-6-13)16(22)24-12-18(3,4)10-20;9-7(11)5-1-2-6(4-3-5)8(10)12;1-5(2,3-6)4-7;2-1-4-3;;/h5-8,19-20H,9-12H2,1-4H3;1-4H;6-7H,3-4H2,1-2H3;1,3H;;/q;;;;;+1/p-1. The zero-order valence-electron chi connectivity index (χ0n) is 29.2. The second kappa shape index (κ2) is 29.3. The molecule has 0 fully saturated rings. The molecule has 17 heteroatoms. The normalized spacial score (nSPS) is 10.3. The zero-order valence-corrected chi connectivity index (χ0v) is 36.9. The predicted octanol–water partition coefficient (Wildman–Crippen LogP) is -0.463. The molecular weight excluding hydrogens is 741 g/mol. The number of esters is 2. The molecule has 49 heavy (non-hydrogen) atoms. The minimum Gasteiger partial charge on any atom is -0.662 e. The third kappa shape index (κ3) is 27.2. The summed E-state index contributed by atoms with van der Waals surface area (Å²) in [6, 6.07) is 11.8. The Morgan fingerprint density at radius 2 is 0.837 bits per heavy atom. The van der Waals surface area contributed by atoms with E-state index in [1.807, 2.05) is 0 Å². The van der Waals surface area contributed by atoms with Gasteiger partial charge in [0, 0.05) is 78.8 Å². The summed E-state index contributed by atoms with van der Waals surface area (Å²) in [5.41, 5.74) is 0.0151. The Morgan fingerprint density at radius 3 is 1.00 bits per heavy atom. The van der Waals surface area contributed by atoms with Gasteiger partial charge < -0.3 is 40.0 Å². The third-order valence-electron chi connectivity index (χ3n) is 5.63. The summed E-state index contributed by atoms with van der Waals surface area (Å²) < 4.78 is 10.3. The summed E-state index contributed by atoms with van der Waals surface area (Å²) in [6.07, 6.45) is 0. The maximum absolute atomic E-state index is 11.9. The van der Waals surface area contributed by atoms with Crippen LogP contribution in [-0.4, -0.2) is 140 Å². The van der Waals surface area contributed by atoms with Crippen LogP contribution in [0.5, 0.6) is 0 Å². The molecule has 0 bridgehead atoms. The molecule has 2 aromatic carbocycles. The smallest absolute Gasteiger partial charge is 0.662 e. The summed E-state index contributed by atoms with van der Waals surface area (Å²) in [7, 11) is 0. The molecule has 265 valence electrons. The van der Waals surface area contributed by atoms with Crippen LogP contribution >= 0.6 is 23.2 Å². The largest absolute Gasteiger partial charge is 1.00 e. The van der Waals surface area contributed by atoms with Crippen LogP contribution in [0.3, 0.4) is 0 Å². The van der Waals surface area contributed by atoms with Gasteiger partial charge in [0.1, 0.15) is 0 Å². The Balaban J connectivity index is -0.000000336. The summed E-state index contributed by atoms with van der Waals surface area (Å²) in [6.45, 7) is 10.7. The first kappa shape index (κ1) is 55.6. The van der Waals surface area contributed by atoms with Gasteiger partial charge in [0.25, 0.3) is 17.0 Å². The molecule has 0 aliphatic carbocycles. The Labute approximate surface area is 381 Å². The average molecular weight is 785 g/mol. The molecule has 4 N–H and O–H groups in total. The van der Waals surface area contributed by atoms with Crippen molar-refractivity contribution in [1.29, 1.82) is 0 Å². The number of rotatable bonds is 13. The van der Waals surface area contributed by atoms with E-state index >= 15 is 0 Å². The van der Waals surface area contributed by atoms with Crippen molar-refractivity contribution in [2.24, 2.45) is 16.2 Å². The molecule has 0 heterocycles. The van der Waals surface area contributed by atoms with Gasteiger partial charge in [0.15, 0.2) is 0 Å². The summed E-state index contributed by atoms with van der Waals surface area (Å²) in [4.78, 5) is 56.3. The van der Waals surface area contributed by atoms with Crippen LogP contribution in [0.1, 0.15) is 83.0 Å². The van der Waals surface area contributed by atoms with Crippen molar-refractivity contribution < 1.29 is 115 Å². The maximum atomic E-state index is 11.9. The van der Waals surface area contributed by atoms with E-state index in [0.29, 0.717) is 22.3 Å². The number of hydrogen-bond acceptors (Lipinski definition) is 13. The van der Waals surface area contributed by atoms with Crippen LogP contribution in [0.4, 0.5) is 0 Å². The second-order valence-electron chi connectivity index (χ2n) is 12.2. The van der Waals surface area contributed by atoms with E-state index in [1.54, 1.807) is 41.5 Å². The Kier molecular flexibility index (Phi) is 33.3. The maximum Gasteiger partial charge on any atom is 1.00 e. The average Bonchev–Trinajstić information content (AvgIpc) is 3.06. The Hall–Kier alpha value is -0.157. The van der Waals surface area contributed by atoms with Crippen molar-refractivity contribution >= 4 is 103 Å². The van der Waals surface area contributed by atoms with Gasteiger partial charge in [-0.3, -0.25) is 14.4 Å². The van der Waals surface area contributed by atoms with Crippen LogP contribution in [0.15, 0.2) is 48.5 Å². The monoisotopic (exact) mass is 783 g/mol. The van der Waals surface area contributed by atoms with E-state index in [0.717, 1.165) is 0 Å². The van der Waals surface area contributed by atoms with E-state index < -0.39 is 33.3 Å². The first-order chi connectivity index (χ1) is 21.7. The Morgan fingerprint density at radius 1 is 0.612 bits per heavy atom. The van der Waals surface area contributed by atoms with Crippen molar-refractivity contribution in [2.45, 2.75) is 41.5 Å². The van der Waals surface area contributed by atoms with Crippen LogP contribution in [0.25, 0.3) is 0 Å². The van der Waals surface area contributed by atoms with Crippen LogP contribution in [0.2, 0.25) is 0 Å². The molecule has 0 aromatic heterocycles. The molecule has 0 saturated heterocycles. The summed E-state index contributed by atoms with van der Waals surface area (Å²) in [5, 5.41) is 42.5. The first-order valence-corrected chi connectivity index (χ1v) is 14.6. The number of benzene rings is 2. The first-order valence-electron chi connectivity index (χ1n) is 13.8. The second-order valence-corrected chi connectivity index (χ2v) is 12.9. The number of halogens is 2. The van der Waals surface area contributed by atoms with Crippen molar-refractivity contribution in [2.75, 3.05) is 39.6 Å². The fraction of sp³-hybridized carbons (Fsp3) is 0.469. The van der Waals surface area contributed by atoms with Crippen LogP contribution < -0.4 is 56.6 Å². The molecule has 13 nitrogen and oxygen atoms in total. The SMILES string of the molecule is CC(C)(CO)CO.CC(C)(CO)COC(=O)c1ccc(C(=O)OCC(C)(C)CO)cc1.O=C(Cl)c1ccc(C(=O)Cl)cc1.O=CO[O-].[K+].[K]. The van der Waals surface area contributed by atoms with Gasteiger partial charge in [0.2, 0.25) is 0 Å². The number of aliphatic hydroxyl groups is 4. The van der Waals surface area contributed by atoms with Gasteiger partial charge in [-0.1, -0.05) is 41.5 Å². The molecule has 0 unspecified atom stereocenters. The van der Waals surface area contributed by atoms with Gasteiger partial charge in [-0.25, -0.2) is 9.59 Å². The van der Waals surface area contributed by atoms with Gasteiger partial charge in [0.05, 0.1) is 50.8 Å². The number of aliphatic hydroxyl groups excluding tert-OH is 4. The molecule has 0 saturated carbocycles. The van der Waals surface area contributed by atoms with E-state index in [9.17, 15) is 19.2 Å². The number of ether oxygens (including phenoxy) is 2. The van der Waals surface area contributed by atoms with Crippen molar-refractivity contribution in [3.05, 3.63) is 70.8 Å². The number of carbonyl (C=O) groups excluding carboxylic acids is 5. The number of carbonyl (C=O) groups is 5. The molecule has 1 radical (unpaired) electrons. The summed E-state index contributed by atoms with van der Waals surface area (Å²) in [5.74, 6) is -1.03. The topological polar surface area (TPSA) is 217 Å². The van der Waals surface area contributed by atoms with Gasteiger partial charge in [-0.05, 0) is 71.7 Å². The van der Waals surface area contributed by atoms with Gasteiger partial charge in [-0.15, -0.1) is 0 Å². The number of hydrogen-bond donors (Lipinski definition) is 4. The fourth-order valence-corrected chi connectivity index (χ4v) is 2.56. The van der Waals surface area contributed by atoms with E-state index in [1.165, 1.54) is 48.5 Å². The molecular formula is C32H43Cl2K2O13. The van der Waals surface area contributed by atoms with Crippen LogP contribution in [0, 0.1) is 16.2 Å². The van der Waals surface area contributed by atoms with Crippen LogP contribution in [-0.2, 0) is 19.2 Å². The zero-order chi connectivity index (χ0) is 36.8. The molecule has 0 amide bonds. The third-order valence-corrected chi connectivity index (χ3v) is 6.07. The van der Waals surface area contributed by atoms with Crippen molar-refractivity contribution in [3.63, 3.8) is 0 Å². The summed E-state index contributed by atoms with van der Waals surface area (Å²) >= 11 is 10.4. The molecule has 2 rings (SSSR count). The van der Waals surface area contributed by atoms with E-state index in [4.69, 9.17) is 63.2 Å². The minimum atomic E-state index is -0.552. The van der Waals surface area contributed by atoms with Crippen molar-refractivity contribution in [1.82, 2.24) is 0 Å². The molecule has 0 atom stereocenters. The van der Waals surface area contributed by atoms with Gasteiger partial charge >= 0.3 is 63.3 Å². The predicted molar refractivity (Wildman–Crippen MR) is 176 cm³/mol. The minimum absolute atomic E-state index is 0. The molecule has 0 aliphatic rings. The molecule has 2 aromatic rings. The fourth-order valence-electron chi connectivity index (χ4n) is 2.30. The molecule has 0 aliphatic heterocycles.